The number of aromatic nitrogens is 1. The normalized spacial score (nSPS) is 10.4. The fourth-order valence-electron chi connectivity index (χ4n) is 2.58. The Morgan fingerprint density at radius 1 is 1.00 bits per heavy atom. The van der Waals surface area contributed by atoms with Crippen molar-refractivity contribution in [2.45, 2.75) is 6.92 Å². The van der Waals surface area contributed by atoms with Gasteiger partial charge in [0.2, 0.25) is 0 Å². The molecule has 1 aromatic heterocycles. The summed E-state index contributed by atoms with van der Waals surface area (Å²) in [5, 5.41) is 0. The van der Waals surface area contributed by atoms with Crippen LogP contribution in [-0.2, 0) is 4.74 Å². The van der Waals surface area contributed by atoms with Gasteiger partial charge in [-0.2, -0.15) is 0 Å². The molecule has 0 saturated heterocycles. The summed E-state index contributed by atoms with van der Waals surface area (Å²) < 4.78 is 4.96. The van der Waals surface area contributed by atoms with Gasteiger partial charge in [-0.3, -0.25) is 4.79 Å². The first-order valence-corrected chi connectivity index (χ1v) is 7.96. The van der Waals surface area contributed by atoms with Gasteiger partial charge in [-0.15, -0.1) is 0 Å². The van der Waals surface area contributed by atoms with E-state index < -0.39 is 11.5 Å². The second-order valence-electron chi connectivity index (χ2n) is 5.50. The number of carbonyl (C=O) groups excluding carboxylic acids is 1. The molecular weight excluding hydrogens is 316 g/mol. The zero-order valence-electron chi connectivity index (χ0n) is 13.8. The summed E-state index contributed by atoms with van der Waals surface area (Å²) in [5.74, 6) is -0.603. The lowest BCUT2D eigenvalue weighted by Crippen LogP contribution is -2.19. The summed E-state index contributed by atoms with van der Waals surface area (Å²) in [7, 11) is 0. The lowest BCUT2D eigenvalue weighted by molar-refractivity contribution is 0.0527. The van der Waals surface area contributed by atoms with Gasteiger partial charge < -0.3 is 15.5 Å². The third kappa shape index (κ3) is 3.45. The molecule has 0 spiro atoms. The quantitative estimate of drug-likeness (QED) is 0.716. The Morgan fingerprint density at radius 2 is 1.60 bits per heavy atom. The number of nitrogen functional groups attached to an aromatic ring is 1. The first-order valence-electron chi connectivity index (χ1n) is 7.96. The smallest absolute Gasteiger partial charge is 0.340 e. The van der Waals surface area contributed by atoms with E-state index in [1.165, 1.54) is 0 Å². The second-order valence-corrected chi connectivity index (χ2v) is 5.50. The number of pyridine rings is 1. The molecule has 0 aliphatic rings. The number of nitrogens with one attached hydrogen (secondary N) is 1. The summed E-state index contributed by atoms with van der Waals surface area (Å²) in [6.07, 6.45) is 0. The molecule has 0 unspecified atom stereocenters. The van der Waals surface area contributed by atoms with Crippen molar-refractivity contribution in [2.24, 2.45) is 0 Å². The van der Waals surface area contributed by atoms with Gasteiger partial charge >= 0.3 is 5.97 Å². The summed E-state index contributed by atoms with van der Waals surface area (Å²) in [6.45, 7) is 1.91. The van der Waals surface area contributed by atoms with Crippen molar-refractivity contribution < 1.29 is 9.53 Å². The number of aromatic amines is 1. The maximum atomic E-state index is 12.0. The Hall–Kier alpha value is -3.34. The van der Waals surface area contributed by atoms with Crippen molar-refractivity contribution in [1.82, 2.24) is 4.98 Å². The Balaban J connectivity index is 1.99. The molecule has 0 bridgehead atoms. The van der Waals surface area contributed by atoms with Gasteiger partial charge in [-0.25, -0.2) is 4.79 Å². The fourth-order valence-corrected chi connectivity index (χ4v) is 2.58. The lowest BCUT2D eigenvalue weighted by atomic mass is 10.0. The van der Waals surface area contributed by atoms with Crippen LogP contribution in [0.2, 0.25) is 0 Å². The number of esters is 1. The number of ether oxygens (including phenoxy) is 1. The minimum atomic E-state index is -0.603. The summed E-state index contributed by atoms with van der Waals surface area (Å²) in [5.41, 5.74) is 8.61. The number of benzene rings is 2. The van der Waals surface area contributed by atoms with Crippen LogP contribution < -0.4 is 11.3 Å². The van der Waals surface area contributed by atoms with Crippen molar-refractivity contribution in [3.05, 3.63) is 76.6 Å². The third-order valence-corrected chi connectivity index (χ3v) is 3.87. The topological polar surface area (TPSA) is 85.2 Å². The number of rotatable bonds is 4. The van der Waals surface area contributed by atoms with Crippen molar-refractivity contribution in [1.29, 1.82) is 0 Å². The van der Waals surface area contributed by atoms with Crippen LogP contribution in [0.3, 0.4) is 0 Å². The lowest BCUT2D eigenvalue weighted by Gasteiger charge is -2.09. The van der Waals surface area contributed by atoms with E-state index in [1.807, 2.05) is 54.6 Å². The van der Waals surface area contributed by atoms with Crippen LogP contribution in [0.15, 0.2) is 65.5 Å². The van der Waals surface area contributed by atoms with Gasteiger partial charge in [0.15, 0.2) is 0 Å². The Labute approximate surface area is 145 Å². The molecule has 0 atom stereocenters. The molecule has 2 aromatic carbocycles. The van der Waals surface area contributed by atoms with Crippen LogP contribution in [0, 0.1) is 0 Å². The zero-order valence-corrected chi connectivity index (χ0v) is 13.8. The first kappa shape index (κ1) is 16.5. The summed E-state index contributed by atoms with van der Waals surface area (Å²) in [4.78, 5) is 26.7. The van der Waals surface area contributed by atoms with Crippen LogP contribution in [0.5, 0.6) is 0 Å². The predicted octanol–water partition coefficient (Wildman–Crippen LogP) is 3.47. The molecule has 3 rings (SSSR count). The van der Waals surface area contributed by atoms with E-state index in [-0.39, 0.29) is 17.9 Å². The minimum Gasteiger partial charge on any atom is -0.462 e. The molecule has 0 fully saturated rings. The van der Waals surface area contributed by atoms with E-state index >= 15 is 0 Å². The SMILES string of the molecule is CCOC(=O)c1cc(-c2ccc(-c3ccccc3)cc2)[nH]c(=O)c1N. The Kier molecular flexibility index (Phi) is 4.66. The minimum absolute atomic E-state index is 0.0766. The van der Waals surface area contributed by atoms with Crippen molar-refractivity contribution in [2.75, 3.05) is 12.3 Å². The highest BCUT2D eigenvalue weighted by molar-refractivity contribution is 5.96. The highest BCUT2D eigenvalue weighted by Crippen LogP contribution is 2.24. The number of anilines is 1. The molecule has 0 aliphatic heterocycles. The monoisotopic (exact) mass is 334 g/mol. The van der Waals surface area contributed by atoms with Gasteiger partial charge in [0.25, 0.3) is 5.56 Å². The summed E-state index contributed by atoms with van der Waals surface area (Å²) >= 11 is 0. The maximum absolute atomic E-state index is 12.0. The highest BCUT2D eigenvalue weighted by Gasteiger charge is 2.16. The van der Waals surface area contributed by atoms with Gasteiger partial charge in [0, 0.05) is 5.69 Å². The van der Waals surface area contributed by atoms with Gasteiger partial charge in [-0.05, 0) is 29.7 Å². The van der Waals surface area contributed by atoms with Crippen molar-refractivity contribution in [3.8, 4) is 22.4 Å². The maximum Gasteiger partial charge on any atom is 0.340 e. The molecule has 0 radical (unpaired) electrons. The van der Waals surface area contributed by atoms with Crippen molar-refractivity contribution in [3.63, 3.8) is 0 Å². The van der Waals surface area contributed by atoms with Crippen LogP contribution in [0.1, 0.15) is 17.3 Å². The molecule has 3 aromatic rings. The molecule has 25 heavy (non-hydrogen) atoms. The molecule has 0 saturated carbocycles. The van der Waals surface area contributed by atoms with Gasteiger partial charge in [-0.1, -0.05) is 54.6 Å². The molecule has 5 nitrogen and oxygen atoms in total. The van der Waals surface area contributed by atoms with E-state index in [9.17, 15) is 9.59 Å². The molecule has 3 N–H and O–H groups in total. The zero-order chi connectivity index (χ0) is 17.8. The average Bonchev–Trinajstić information content (AvgIpc) is 2.65. The van der Waals surface area contributed by atoms with E-state index in [0.29, 0.717) is 5.69 Å². The molecule has 5 heteroatoms. The molecule has 1 heterocycles. The number of nitrogens with two attached hydrogens (primary N) is 1. The van der Waals surface area contributed by atoms with Gasteiger partial charge in [0.05, 0.1) is 12.2 Å². The molecule has 126 valence electrons. The number of H-pyrrole nitrogens is 1. The van der Waals surface area contributed by atoms with Crippen LogP contribution in [0.4, 0.5) is 5.69 Å². The Bertz CT molecular complexity index is 945. The van der Waals surface area contributed by atoms with E-state index in [0.717, 1.165) is 16.7 Å². The third-order valence-electron chi connectivity index (χ3n) is 3.87. The highest BCUT2D eigenvalue weighted by atomic mass is 16.5. The Morgan fingerprint density at radius 3 is 2.24 bits per heavy atom. The first-order chi connectivity index (χ1) is 12.1. The number of hydrogen-bond donors (Lipinski definition) is 2. The standard InChI is InChI=1S/C20H18N2O3/c1-2-25-20(24)16-12-17(22-19(23)18(16)21)15-10-8-14(9-11-15)13-6-4-3-5-7-13/h3-12H,2,21H2,1H3,(H,22,23). The second kappa shape index (κ2) is 7.05. The van der Waals surface area contributed by atoms with E-state index in [2.05, 4.69) is 4.98 Å². The molecular formula is C20H18N2O3. The fraction of sp³-hybridized carbons (Fsp3) is 0.100. The van der Waals surface area contributed by atoms with Crippen LogP contribution in [-0.4, -0.2) is 17.6 Å². The van der Waals surface area contributed by atoms with Crippen LogP contribution >= 0.6 is 0 Å². The van der Waals surface area contributed by atoms with Gasteiger partial charge in [0.1, 0.15) is 5.69 Å². The van der Waals surface area contributed by atoms with Crippen molar-refractivity contribution >= 4 is 11.7 Å². The molecule has 0 aliphatic carbocycles. The largest absolute Gasteiger partial charge is 0.462 e. The van der Waals surface area contributed by atoms with E-state index in [1.54, 1.807) is 13.0 Å². The number of carbonyl (C=O) groups is 1. The molecule has 0 amide bonds. The predicted molar refractivity (Wildman–Crippen MR) is 98.3 cm³/mol. The van der Waals surface area contributed by atoms with Crippen LogP contribution in [0.25, 0.3) is 22.4 Å². The average molecular weight is 334 g/mol. The number of hydrogen-bond acceptors (Lipinski definition) is 4. The van der Waals surface area contributed by atoms with E-state index in [4.69, 9.17) is 10.5 Å². The summed E-state index contributed by atoms with van der Waals surface area (Å²) in [6, 6.07) is 19.2.